The summed E-state index contributed by atoms with van der Waals surface area (Å²) >= 11 is 1.64. The van der Waals surface area contributed by atoms with Crippen molar-refractivity contribution in [2.24, 2.45) is 0 Å². The second kappa shape index (κ2) is 10.8. The number of aryl methyl sites for hydroxylation is 1. The summed E-state index contributed by atoms with van der Waals surface area (Å²) in [6.07, 6.45) is 3.33. The standard InChI is InChI=1S/C24H27N3OS/c1-3-4-5-16-25-24(28)21-12-8-19(9-13-21)17-29-23-15-14-22(26-27-23)20-10-6-18(2)7-11-20/h6-15H,3-5,16-17H2,1-2H3,(H,25,28). The van der Waals surface area contributed by atoms with Gasteiger partial charge in [0, 0.05) is 23.4 Å². The van der Waals surface area contributed by atoms with Gasteiger partial charge in [-0.2, -0.15) is 0 Å². The number of rotatable bonds is 9. The summed E-state index contributed by atoms with van der Waals surface area (Å²) in [5.41, 5.74) is 5.04. The Morgan fingerprint density at radius 2 is 1.69 bits per heavy atom. The van der Waals surface area contributed by atoms with Gasteiger partial charge in [-0.15, -0.1) is 10.2 Å². The number of thioether (sulfide) groups is 1. The van der Waals surface area contributed by atoms with Gasteiger partial charge in [0.1, 0.15) is 5.03 Å². The van der Waals surface area contributed by atoms with E-state index >= 15 is 0 Å². The molecule has 0 atom stereocenters. The van der Waals surface area contributed by atoms with Crippen molar-refractivity contribution in [1.29, 1.82) is 0 Å². The molecule has 0 saturated heterocycles. The number of amides is 1. The van der Waals surface area contributed by atoms with Crippen LogP contribution in [0.3, 0.4) is 0 Å². The Morgan fingerprint density at radius 3 is 2.34 bits per heavy atom. The third-order valence-electron chi connectivity index (χ3n) is 4.66. The Morgan fingerprint density at radius 1 is 0.931 bits per heavy atom. The van der Waals surface area contributed by atoms with E-state index in [2.05, 4.69) is 53.6 Å². The third-order valence-corrected chi connectivity index (χ3v) is 5.65. The van der Waals surface area contributed by atoms with Crippen molar-refractivity contribution in [3.63, 3.8) is 0 Å². The van der Waals surface area contributed by atoms with Gasteiger partial charge in [0.15, 0.2) is 0 Å². The minimum absolute atomic E-state index is 0.00197. The third kappa shape index (κ3) is 6.43. The van der Waals surface area contributed by atoms with Gasteiger partial charge in [-0.3, -0.25) is 4.79 Å². The maximum absolute atomic E-state index is 12.1. The molecule has 1 aromatic heterocycles. The van der Waals surface area contributed by atoms with Crippen molar-refractivity contribution < 1.29 is 4.79 Å². The highest BCUT2D eigenvalue weighted by molar-refractivity contribution is 7.98. The molecule has 0 unspecified atom stereocenters. The highest BCUT2D eigenvalue weighted by Crippen LogP contribution is 2.23. The molecule has 29 heavy (non-hydrogen) atoms. The first-order valence-electron chi connectivity index (χ1n) is 10.1. The van der Waals surface area contributed by atoms with Crippen molar-refractivity contribution in [3.05, 3.63) is 77.4 Å². The largest absolute Gasteiger partial charge is 0.352 e. The Labute approximate surface area is 177 Å². The molecule has 0 spiro atoms. The molecule has 0 fully saturated rings. The van der Waals surface area contributed by atoms with E-state index in [1.807, 2.05) is 36.4 Å². The summed E-state index contributed by atoms with van der Waals surface area (Å²) in [6.45, 7) is 4.96. The number of aromatic nitrogens is 2. The molecule has 4 nitrogen and oxygen atoms in total. The van der Waals surface area contributed by atoms with Crippen LogP contribution in [0, 0.1) is 6.92 Å². The van der Waals surface area contributed by atoms with Crippen LogP contribution in [-0.2, 0) is 5.75 Å². The fraction of sp³-hybridized carbons (Fsp3) is 0.292. The minimum atomic E-state index is -0.00197. The van der Waals surface area contributed by atoms with Crippen LogP contribution >= 0.6 is 11.8 Å². The van der Waals surface area contributed by atoms with Crippen LogP contribution in [0.15, 0.2) is 65.7 Å². The Hall–Kier alpha value is -2.66. The zero-order valence-corrected chi connectivity index (χ0v) is 17.8. The lowest BCUT2D eigenvalue weighted by molar-refractivity contribution is 0.0953. The first kappa shape index (κ1) is 21.1. The number of hydrogen-bond donors (Lipinski definition) is 1. The number of unbranched alkanes of at least 4 members (excludes halogenated alkanes) is 2. The molecule has 0 radical (unpaired) electrons. The summed E-state index contributed by atoms with van der Waals surface area (Å²) < 4.78 is 0. The van der Waals surface area contributed by atoms with Crippen molar-refractivity contribution in [3.8, 4) is 11.3 Å². The number of benzene rings is 2. The van der Waals surface area contributed by atoms with Crippen LogP contribution in [0.1, 0.15) is 47.7 Å². The number of nitrogens with zero attached hydrogens (tertiary/aromatic N) is 2. The molecule has 150 valence electrons. The SMILES string of the molecule is CCCCCNC(=O)c1ccc(CSc2ccc(-c3ccc(C)cc3)nn2)cc1. The van der Waals surface area contributed by atoms with Gasteiger partial charge < -0.3 is 5.32 Å². The fourth-order valence-corrected chi connectivity index (χ4v) is 3.63. The van der Waals surface area contributed by atoms with Crippen LogP contribution < -0.4 is 5.32 Å². The zero-order chi connectivity index (χ0) is 20.5. The predicted octanol–water partition coefficient (Wildman–Crippen LogP) is 5.66. The van der Waals surface area contributed by atoms with E-state index < -0.39 is 0 Å². The van der Waals surface area contributed by atoms with Gasteiger partial charge in [0.05, 0.1) is 5.69 Å². The average Bonchev–Trinajstić information content (AvgIpc) is 2.76. The van der Waals surface area contributed by atoms with Crippen LogP contribution in [0.5, 0.6) is 0 Å². The van der Waals surface area contributed by atoms with Gasteiger partial charge in [-0.05, 0) is 43.2 Å². The topological polar surface area (TPSA) is 54.9 Å². The molecule has 2 aromatic carbocycles. The molecule has 0 aliphatic heterocycles. The second-order valence-corrected chi connectivity index (χ2v) is 8.07. The molecule has 1 N–H and O–H groups in total. The smallest absolute Gasteiger partial charge is 0.251 e. The number of nitrogens with one attached hydrogen (secondary N) is 1. The van der Waals surface area contributed by atoms with Crippen LogP contribution in [-0.4, -0.2) is 22.6 Å². The first-order valence-corrected chi connectivity index (χ1v) is 11.0. The van der Waals surface area contributed by atoms with Crippen molar-refractivity contribution in [2.45, 2.75) is 43.9 Å². The van der Waals surface area contributed by atoms with E-state index in [9.17, 15) is 4.79 Å². The van der Waals surface area contributed by atoms with Crippen molar-refractivity contribution in [2.75, 3.05) is 6.54 Å². The lowest BCUT2D eigenvalue weighted by Crippen LogP contribution is -2.24. The summed E-state index contributed by atoms with van der Waals surface area (Å²) in [5, 5.41) is 12.5. The molecule has 1 amide bonds. The number of carbonyl (C=O) groups excluding carboxylic acids is 1. The Kier molecular flexibility index (Phi) is 7.82. The number of hydrogen-bond acceptors (Lipinski definition) is 4. The maximum atomic E-state index is 12.1. The van der Waals surface area contributed by atoms with E-state index in [0.717, 1.165) is 53.4 Å². The zero-order valence-electron chi connectivity index (χ0n) is 17.0. The van der Waals surface area contributed by atoms with E-state index in [1.165, 1.54) is 5.56 Å². The lowest BCUT2D eigenvalue weighted by atomic mass is 10.1. The van der Waals surface area contributed by atoms with Crippen LogP contribution in [0.25, 0.3) is 11.3 Å². The Balaban J connectivity index is 1.50. The van der Waals surface area contributed by atoms with Crippen molar-refractivity contribution in [1.82, 2.24) is 15.5 Å². The molecule has 0 aliphatic rings. The minimum Gasteiger partial charge on any atom is -0.352 e. The highest BCUT2D eigenvalue weighted by Gasteiger charge is 2.06. The van der Waals surface area contributed by atoms with Gasteiger partial charge in [0.25, 0.3) is 5.91 Å². The predicted molar refractivity (Wildman–Crippen MR) is 120 cm³/mol. The molecular formula is C24H27N3OS. The first-order chi connectivity index (χ1) is 14.2. The van der Waals surface area contributed by atoms with Crippen LogP contribution in [0.4, 0.5) is 0 Å². The quantitative estimate of drug-likeness (QED) is 0.368. The Bertz CT molecular complexity index is 906. The van der Waals surface area contributed by atoms with Gasteiger partial charge in [0.2, 0.25) is 0 Å². The maximum Gasteiger partial charge on any atom is 0.251 e. The average molecular weight is 406 g/mol. The molecule has 1 heterocycles. The summed E-state index contributed by atoms with van der Waals surface area (Å²) in [5.74, 6) is 0.787. The van der Waals surface area contributed by atoms with E-state index in [0.29, 0.717) is 5.56 Å². The molecule has 5 heteroatoms. The molecule has 3 rings (SSSR count). The normalized spacial score (nSPS) is 10.7. The van der Waals surface area contributed by atoms with Crippen LogP contribution in [0.2, 0.25) is 0 Å². The summed E-state index contributed by atoms with van der Waals surface area (Å²) in [7, 11) is 0. The molecule has 0 bridgehead atoms. The second-order valence-electron chi connectivity index (χ2n) is 7.07. The van der Waals surface area contributed by atoms with Gasteiger partial charge in [-0.1, -0.05) is 73.5 Å². The molecule has 0 aliphatic carbocycles. The summed E-state index contributed by atoms with van der Waals surface area (Å²) in [4.78, 5) is 12.1. The molecular weight excluding hydrogens is 378 g/mol. The molecule has 3 aromatic rings. The van der Waals surface area contributed by atoms with E-state index in [1.54, 1.807) is 11.8 Å². The lowest BCUT2D eigenvalue weighted by Gasteiger charge is -2.06. The number of carbonyl (C=O) groups is 1. The van der Waals surface area contributed by atoms with Gasteiger partial charge >= 0.3 is 0 Å². The monoisotopic (exact) mass is 405 g/mol. The summed E-state index contributed by atoms with van der Waals surface area (Å²) in [6, 6.07) is 20.1. The van der Waals surface area contributed by atoms with E-state index in [-0.39, 0.29) is 5.91 Å². The van der Waals surface area contributed by atoms with Crippen molar-refractivity contribution >= 4 is 17.7 Å². The highest BCUT2D eigenvalue weighted by atomic mass is 32.2. The van der Waals surface area contributed by atoms with E-state index in [4.69, 9.17) is 0 Å². The van der Waals surface area contributed by atoms with Gasteiger partial charge in [-0.25, -0.2) is 0 Å². The molecule has 0 saturated carbocycles. The fourth-order valence-electron chi connectivity index (χ4n) is 2.86.